The molecule has 3 rings (SSSR count). The predicted molar refractivity (Wildman–Crippen MR) is 82.9 cm³/mol. The van der Waals surface area contributed by atoms with Crippen molar-refractivity contribution in [1.29, 1.82) is 0 Å². The van der Waals surface area contributed by atoms with Crippen LogP contribution in [0.3, 0.4) is 0 Å². The zero-order chi connectivity index (χ0) is 16.2. The lowest BCUT2D eigenvalue weighted by Gasteiger charge is -2.05. The number of fused-ring (bicyclic) bond motifs is 1. The van der Waals surface area contributed by atoms with Gasteiger partial charge in [-0.15, -0.1) is 0 Å². The third-order valence-corrected chi connectivity index (χ3v) is 3.45. The van der Waals surface area contributed by atoms with Crippen LogP contribution in [0, 0.1) is 6.92 Å². The smallest absolute Gasteiger partial charge is 0.326 e. The van der Waals surface area contributed by atoms with Crippen molar-refractivity contribution < 1.29 is 9.32 Å². The largest absolute Gasteiger partial charge is 0.356 e. The standard InChI is InChI=1S/C15H17N5O3/c1-10-17-13(19-23-10)9-14(21)16-7-4-8-20-12-6-3-2-5-11(12)18-15(20)22/h2-3,5-6H,4,7-9H2,1H3,(H,16,21)(H,18,22). The van der Waals surface area contributed by atoms with Crippen LogP contribution in [0.5, 0.6) is 0 Å². The van der Waals surface area contributed by atoms with Gasteiger partial charge in [-0.05, 0) is 18.6 Å². The Morgan fingerprint density at radius 1 is 1.39 bits per heavy atom. The number of hydrogen-bond acceptors (Lipinski definition) is 5. The van der Waals surface area contributed by atoms with Gasteiger partial charge in [0.15, 0.2) is 5.82 Å². The fraction of sp³-hybridized carbons (Fsp3) is 0.333. The lowest BCUT2D eigenvalue weighted by Crippen LogP contribution is -2.28. The molecule has 0 saturated carbocycles. The molecule has 120 valence electrons. The van der Waals surface area contributed by atoms with E-state index in [4.69, 9.17) is 4.52 Å². The van der Waals surface area contributed by atoms with Crippen molar-refractivity contribution in [3.8, 4) is 0 Å². The quantitative estimate of drug-likeness (QED) is 0.654. The van der Waals surface area contributed by atoms with E-state index < -0.39 is 0 Å². The number of hydrogen-bond donors (Lipinski definition) is 2. The topological polar surface area (TPSA) is 106 Å². The number of nitrogens with zero attached hydrogens (tertiary/aromatic N) is 3. The number of aryl methyl sites for hydroxylation is 2. The molecule has 2 N–H and O–H groups in total. The Hall–Kier alpha value is -2.90. The van der Waals surface area contributed by atoms with Crippen LogP contribution >= 0.6 is 0 Å². The molecule has 0 fully saturated rings. The molecule has 0 unspecified atom stereocenters. The predicted octanol–water partition coefficient (Wildman–Crippen LogP) is 0.770. The van der Waals surface area contributed by atoms with Gasteiger partial charge in [0.25, 0.3) is 0 Å². The third-order valence-electron chi connectivity index (χ3n) is 3.45. The van der Waals surface area contributed by atoms with E-state index in [1.807, 2.05) is 24.3 Å². The second kappa shape index (κ2) is 6.47. The summed E-state index contributed by atoms with van der Waals surface area (Å²) < 4.78 is 6.48. The van der Waals surface area contributed by atoms with Gasteiger partial charge in [-0.25, -0.2) is 4.79 Å². The Balaban J connectivity index is 1.50. The molecule has 0 spiro atoms. The monoisotopic (exact) mass is 315 g/mol. The summed E-state index contributed by atoms with van der Waals surface area (Å²) in [5, 5.41) is 6.46. The summed E-state index contributed by atoms with van der Waals surface area (Å²) in [5.41, 5.74) is 1.54. The first-order valence-electron chi connectivity index (χ1n) is 7.37. The van der Waals surface area contributed by atoms with Crippen LogP contribution in [0.4, 0.5) is 0 Å². The van der Waals surface area contributed by atoms with Crippen LogP contribution in [-0.4, -0.2) is 32.1 Å². The average Bonchev–Trinajstić information content (AvgIpc) is 3.06. The summed E-state index contributed by atoms with van der Waals surface area (Å²) >= 11 is 0. The normalized spacial score (nSPS) is 11.0. The summed E-state index contributed by atoms with van der Waals surface area (Å²) in [6.07, 6.45) is 0.739. The second-order valence-corrected chi connectivity index (χ2v) is 5.21. The Bertz CT molecular complexity index is 877. The number of benzene rings is 1. The second-order valence-electron chi connectivity index (χ2n) is 5.21. The Morgan fingerprint density at radius 3 is 3.00 bits per heavy atom. The molecule has 1 aromatic carbocycles. The molecule has 3 aromatic rings. The Kier molecular flexibility index (Phi) is 4.22. The average molecular weight is 315 g/mol. The van der Waals surface area contributed by atoms with Crippen molar-refractivity contribution in [2.45, 2.75) is 26.3 Å². The van der Waals surface area contributed by atoms with E-state index >= 15 is 0 Å². The minimum Gasteiger partial charge on any atom is -0.356 e. The molecule has 0 aliphatic heterocycles. The number of para-hydroxylation sites is 2. The van der Waals surface area contributed by atoms with Crippen LogP contribution in [0.25, 0.3) is 11.0 Å². The molecule has 8 nitrogen and oxygen atoms in total. The Morgan fingerprint density at radius 2 is 2.22 bits per heavy atom. The molecule has 8 heteroatoms. The molecule has 0 atom stereocenters. The van der Waals surface area contributed by atoms with Crippen molar-refractivity contribution in [2.24, 2.45) is 0 Å². The van der Waals surface area contributed by atoms with Crippen LogP contribution in [0.2, 0.25) is 0 Å². The van der Waals surface area contributed by atoms with E-state index in [0.29, 0.717) is 31.2 Å². The molecule has 2 heterocycles. The van der Waals surface area contributed by atoms with Crippen molar-refractivity contribution in [2.75, 3.05) is 6.54 Å². The van der Waals surface area contributed by atoms with Crippen LogP contribution in [0.1, 0.15) is 18.1 Å². The van der Waals surface area contributed by atoms with Crippen LogP contribution < -0.4 is 11.0 Å². The van der Waals surface area contributed by atoms with Gasteiger partial charge in [0, 0.05) is 20.0 Å². The number of rotatable bonds is 6. The SMILES string of the molecule is Cc1nc(CC(=O)NCCCn2c(=O)[nH]c3ccccc32)no1. The maximum absolute atomic E-state index is 11.9. The molecule has 0 bridgehead atoms. The molecular weight excluding hydrogens is 298 g/mol. The zero-order valence-corrected chi connectivity index (χ0v) is 12.7. The first-order chi connectivity index (χ1) is 11.1. The van der Waals surface area contributed by atoms with E-state index in [0.717, 1.165) is 11.0 Å². The Labute approximate surface area is 131 Å². The van der Waals surface area contributed by atoms with Gasteiger partial charge in [0.1, 0.15) is 0 Å². The fourth-order valence-corrected chi connectivity index (χ4v) is 2.41. The lowest BCUT2D eigenvalue weighted by molar-refractivity contribution is -0.120. The van der Waals surface area contributed by atoms with Gasteiger partial charge in [0.2, 0.25) is 11.8 Å². The molecule has 0 radical (unpaired) electrons. The van der Waals surface area contributed by atoms with Gasteiger partial charge in [-0.2, -0.15) is 4.98 Å². The molecule has 0 aliphatic carbocycles. The first kappa shape index (κ1) is 15.0. The number of aromatic amines is 1. The van der Waals surface area contributed by atoms with E-state index in [9.17, 15) is 9.59 Å². The van der Waals surface area contributed by atoms with Crippen molar-refractivity contribution in [1.82, 2.24) is 25.0 Å². The van der Waals surface area contributed by atoms with Gasteiger partial charge in [0.05, 0.1) is 17.5 Å². The minimum absolute atomic E-state index is 0.0877. The summed E-state index contributed by atoms with van der Waals surface area (Å²) in [4.78, 5) is 30.4. The van der Waals surface area contributed by atoms with Gasteiger partial charge in [-0.1, -0.05) is 17.3 Å². The highest BCUT2D eigenvalue weighted by atomic mass is 16.5. The maximum Gasteiger partial charge on any atom is 0.326 e. The number of aromatic nitrogens is 4. The molecule has 0 saturated heterocycles. The zero-order valence-electron chi connectivity index (χ0n) is 12.7. The highest BCUT2D eigenvalue weighted by Gasteiger charge is 2.09. The van der Waals surface area contributed by atoms with E-state index in [1.54, 1.807) is 11.5 Å². The number of nitrogens with one attached hydrogen (secondary N) is 2. The van der Waals surface area contributed by atoms with Crippen LogP contribution in [-0.2, 0) is 17.8 Å². The molecular formula is C15H17N5O3. The van der Waals surface area contributed by atoms with E-state index in [2.05, 4.69) is 20.4 Å². The number of H-pyrrole nitrogens is 1. The summed E-state index contributed by atoms with van der Waals surface area (Å²) in [7, 11) is 0. The van der Waals surface area contributed by atoms with Gasteiger partial charge in [-0.3, -0.25) is 9.36 Å². The van der Waals surface area contributed by atoms with E-state index in [-0.39, 0.29) is 18.0 Å². The lowest BCUT2D eigenvalue weighted by atomic mass is 10.3. The van der Waals surface area contributed by atoms with Gasteiger partial charge >= 0.3 is 5.69 Å². The third kappa shape index (κ3) is 3.47. The summed E-state index contributed by atoms with van der Waals surface area (Å²) in [5.74, 6) is 0.636. The highest BCUT2D eigenvalue weighted by molar-refractivity contribution is 5.77. The van der Waals surface area contributed by atoms with Crippen LogP contribution in [0.15, 0.2) is 33.6 Å². The maximum atomic E-state index is 11.9. The fourth-order valence-electron chi connectivity index (χ4n) is 2.41. The van der Waals surface area contributed by atoms with Crippen molar-refractivity contribution in [3.05, 3.63) is 46.5 Å². The van der Waals surface area contributed by atoms with Gasteiger partial charge < -0.3 is 14.8 Å². The van der Waals surface area contributed by atoms with Crippen molar-refractivity contribution in [3.63, 3.8) is 0 Å². The molecule has 2 aromatic heterocycles. The number of carbonyl (C=O) groups excluding carboxylic acids is 1. The molecule has 0 aliphatic rings. The molecule has 1 amide bonds. The summed E-state index contributed by atoms with van der Waals surface area (Å²) in [6, 6.07) is 7.52. The minimum atomic E-state index is -0.169. The number of amides is 1. The highest BCUT2D eigenvalue weighted by Crippen LogP contribution is 2.09. The molecule has 23 heavy (non-hydrogen) atoms. The van der Waals surface area contributed by atoms with E-state index in [1.165, 1.54) is 0 Å². The summed E-state index contributed by atoms with van der Waals surface area (Å²) in [6.45, 7) is 2.68. The number of imidazole rings is 1. The number of carbonyl (C=O) groups is 1. The first-order valence-corrected chi connectivity index (χ1v) is 7.37. The van der Waals surface area contributed by atoms with Crippen molar-refractivity contribution >= 4 is 16.9 Å².